The van der Waals surface area contributed by atoms with E-state index in [1.807, 2.05) is 19.0 Å². The SMILES string of the molecule is CN(C)CCNc1c(NCc2cccc(F)c2)c(=O)c1=O. The highest BCUT2D eigenvalue weighted by molar-refractivity contribution is 5.73. The lowest BCUT2D eigenvalue weighted by molar-refractivity contribution is 0.425. The van der Waals surface area contributed by atoms with Gasteiger partial charge in [-0.05, 0) is 31.8 Å². The zero-order valence-electron chi connectivity index (χ0n) is 12.1. The molecule has 2 rings (SSSR count). The van der Waals surface area contributed by atoms with Crippen LogP contribution in [-0.4, -0.2) is 32.1 Å². The van der Waals surface area contributed by atoms with E-state index in [1.54, 1.807) is 12.1 Å². The van der Waals surface area contributed by atoms with E-state index in [0.717, 1.165) is 6.54 Å². The van der Waals surface area contributed by atoms with Crippen molar-refractivity contribution >= 4 is 11.4 Å². The second-order valence-electron chi connectivity index (χ2n) is 5.12. The van der Waals surface area contributed by atoms with E-state index in [4.69, 9.17) is 0 Å². The molecule has 0 aromatic heterocycles. The van der Waals surface area contributed by atoms with Gasteiger partial charge in [0, 0.05) is 19.6 Å². The molecule has 112 valence electrons. The highest BCUT2D eigenvalue weighted by Gasteiger charge is 2.20. The smallest absolute Gasteiger partial charge is 0.253 e. The Morgan fingerprint density at radius 3 is 2.38 bits per heavy atom. The zero-order chi connectivity index (χ0) is 15.4. The Morgan fingerprint density at radius 1 is 1.10 bits per heavy atom. The fourth-order valence-electron chi connectivity index (χ4n) is 1.97. The van der Waals surface area contributed by atoms with Crippen LogP contribution < -0.4 is 21.5 Å². The molecule has 21 heavy (non-hydrogen) atoms. The van der Waals surface area contributed by atoms with Crippen molar-refractivity contribution in [3.8, 4) is 0 Å². The predicted molar refractivity (Wildman–Crippen MR) is 82.1 cm³/mol. The largest absolute Gasteiger partial charge is 0.379 e. The summed E-state index contributed by atoms with van der Waals surface area (Å²) < 4.78 is 13.1. The van der Waals surface area contributed by atoms with Crippen molar-refractivity contribution in [3.63, 3.8) is 0 Å². The van der Waals surface area contributed by atoms with Gasteiger partial charge in [0.2, 0.25) is 0 Å². The van der Waals surface area contributed by atoms with Gasteiger partial charge in [-0.2, -0.15) is 0 Å². The quantitative estimate of drug-likeness (QED) is 0.746. The van der Waals surface area contributed by atoms with Crippen molar-refractivity contribution < 1.29 is 4.39 Å². The molecule has 0 spiro atoms. The molecular formula is C15H18FN3O2. The van der Waals surface area contributed by atoms with E-state index >= 15 is 0 Å². The number of nitrogens with zero attached hydrogens (tertiary/aromatic N) is 1. The molecule has 0 saturated carbocycles. The normalized spacial score (nSPS) is 11.0. The van der Waals surface area contributed by atoms with Gasteiger partial charge in [-0.25, -0.2) is 4.39 Å². The lowest BCUT2D eigenvalue weighted by atomic mass is 10.1. The Kier molecular flexibility index (Phi) is 4.70. The van der Waals surface area contributed by atoms with Crippen LogP contribution in [0.4, 0.5) is 15.8 Å². The first-order valence-corrected chi connectivity index (χ1v) is 6.69. The summed E-state index contributed by atoms with van der Waals surface area (Å²) >= 11 is 0. The fraction of sp³-hybridized carbons (Fsp3) is 0.333. The summed E-state index contributed by atoms with van der Waals surface area (Å²) in [5, 5.41) is 5.86. The molecule has 0 fully saturated rings. The van der Waals surface area contributed by atoms with Gasteiger partial charge >= 0.3 is 0 Å². The topological polar surface area (TPSA) is 61.4 Å². The number of rotatable bonds is 7. The van der Waals surface area contributed by atoms with Crippen LogP contribution in [0.3, 0.4) is 0 Å². The van der Waals surface area contributed by atoms with Gasteiger partial charge in [-0.15, -0.1) is 0 Å². The maximum Gasteiger partial charge on any atom is 0.253 e. The molecule has 5 nitrogen and oxygen atoms in total. The Labute approximate surface area is 122 Å². The van der Waals surface area contributed by atoms with Crippen molar-refractivity contribution in [1.82, 2.24) is 4.90 Å². The molecule has 0 unspecified atom stereocenters. The molecular weight excluding hydrogens is 273 g/mol. The maximum absolute atomic E-state index is 13.1. The van der Waals surface area contributed by atoms with E-state index in [0.29, 0.717) is 24.3 Å². The Morgan fingerprint density at radius 2 is 1.76 bits per heavy atom. The minimum absolute atomic E-state index is 0.281. The first-order valence-electron chi connectivity index (χ1n) is 6.69. The summed E-state index contributed by atoms with van der Waals surface area (Å²) in [6.45, 7) is 1.62. The number of likely N-dealkylation sites (N-methyl/N-ethyl adjacent to an activating group) is 1. The minimum atomic E-state index is -0.529. The van der Waals surface area contributed by atoms with Crippen LogP contribution >= 0.6 is 0 Å². The average Bonchev–Trinajstić information content (AvgIpc) is 2.44. The van der Waals surface area contributed by atoms with Gasteiger partial charge < -0.3 is 15.5 Å². The van der Waals surface area contributed by atoms with E-state index in [2.05, 4.69) is 10.6 Å². The molecule has 6 heteroatoms. The molecule has 0 aliphatic carbocycles. The monoisotopic (exact) mass is 291 g/mol. The zero-order valence-corrected chi connectivity index (χ0v) is 12.1. The van der Waals surface area contributed by atoms with Crippen molar-refractivity contribution in [3.05, 3.63) is 56.1 Å². The third-order valence-corrected chi connectivity index (χ3v) is 3.13. The molecule has 0 aliphatic rings. The molecule has 0 saturated heterocycles. The fourth-order valence-corrected chi connectivity index (χ4v) is 1.97. The molecule has 2 aromatic carbocycles. The van der Waals surface area contributed by atoms with Gasteiger partial charge in [0.05, 0.1) is 0 Å². The number of hydrogen-bond acceptors (Lipinski definition) is 5. The van der Waals surface area contributed by atoms with Crippen molar-refractivity contribution in [2.24, 2.45) is 0 Å². The van der Waals surface area contributed by atoms with E-state index in [-0.39, 0.29) is 11.5 Å². The second kappa shape index (κ2) is 6.49. The highest BCUT2D eigenvalue weighted by atomic mass is 19.1. The highest BCUT2D eigenvalue weighted by Crippen LogP contribution is 2.15. The lowest BCUT2D eigenvalue weighted by Gasteiger charge is -2.16. The van der Waals surface area contributed by atoms with Crippen LogP contribution in [0, 0.1) is 5.82 Å². The third kappa shape index (κ3) is 3.66. The Balaban J connectivity index is 1.99. The summed E-state index contributed by atoms with van der Waals surface area (Å²) in [6, 6.07) is 6.10. The summed E-state index contributed by atoms with van der Waals surface area (Å²) in [7, 11) is 3.85. The standard InChI is InChI=1S/C15H18FN3O2/c1-19(2)7-6-17-12-13(15(21)14(12)20)18-9-10-4-3-5-11(16)8-10/h3-5,8,17-18H,6-7,9H2,1-2H3. The van der Waals surface area contributed by atoms with Gasteiger partial charge in [-0.1, -0.05) is 12.1 Å². The van der Waals surface area contributed by atoms with E-state index in [9.17, 15) is 14.0 Å². The Hall–Kier alpha value is -2.21. The van der Waals surface area contributed by atoms with Gasteiger partial charge in [0.1, 0.15) is 17.2 Å². The van der Waals surface area contributed by atoms with Crippen LogP contribution in [0.5, 0.6) is 0 Å². The van der Waals surface area contributed by atoms with E-state index < -0.39 is 10.9 Å². The molecule has 0 atom stereocenters. The second-order valence-corrected chi connectivity index (χ2v) is 5.12. The minimum Gasteiger partial charge on any atom is -0.379 e. The number of hydrogen-bond donors (Lipinski definition) is 2. The third-order valence-electron chi connectivity index (χ3n) is 3.13. The first kappa shape index (κ1) is 15.2. The average molecular weight is 291 g/mol. The molecule has 2 N–H and O–H groups in total. The van der Waals surface area contributed by atoms with Gasteiger partial charge in [0.25, 0.3) is 10.9 Å². The van der Waals surface area contributed by atoms with Crippen LogP contribution in [0.15, 0.2) is 33.9 Å². The van der Waals surface area contributed by atoms with E-state index in [1.165, 1.54) is 12.1 Å². The Bertz CT molecular complexity index is 690. The van der Waals surface area contributed by atoms with Crippen LogP contribution in [0.25, 0.3) is 0 Å². The summed E-state index contributed by atoms with van der Waals surface area (Å²) in [5.74, 6) is -0.330. The van der Waals surface area contributed by atoms with Crippen LogP contribution in [-0.2, 0) is 6.54 Å². The van der Waals surface area contributed by atoms with Crippen LogP contribution in [0.2, 0.25) is 0 Å². The van der Waals surface area contributed by atoms with Crippen LogP contribution in [0.1, 0.15) is 5.56 Å². The number of benzene rings is 1. The van der Waals surface area contributed by atoms with Crippen molar-refractivity contribution in [1.29, 1.82) is 0 Å². The molecule has 0 heterocycles. The van der Waals surface area contributed by atoms with Gasteiger partial charge in [-0.3, -0.25) is 9.59 Å². The molecule has 0 aliphatic heterocycles. The van der Waals surface area contributed by atoms with Crippen molar-refractivity contribution in [2.45, 2.75) is 6.54 Å². The molecule has 0 bridgehead atoms. The van der Waals surface area contributed by atoms with Crippen molar-refractivity contribution in [2.75, 3.05) is 37.8 Å². The molecule has 2 aromatic rings. The lowest BCUT2D eigenvalue weighted by Crippen LogP contribution is -2.38. The molecule has 0 radical (unpaired) electrons. The number of nitrogens with one attached hydrogen (secondary N) is 2. The number of halogens is 1. The molecule has 0 amide bonds. The maximum atomic E-state index is 13.1. The summed E-state index contributed by atoms with van der Waals surface area (Å²) in [6.07, 6.45) is 0. The van der Waals surface area contributed by atoms with Gasteiger partial charge in [0.15, 0.2) is 0 Å². The summed E-state index contributed by atoms with van der Waals surface area (Å²) in [4.78, 5) is 25.1. The summed E-state index contributed by atoms with van der Waals surface area (Å²) in [5.41, 5.74) is 0.276. The first-order chi connectivity index (χ1) is 9.99. The number of anilines is 2. The predicted octanol–water partition coefficient (Wildman–Crippen LogP) is 1.01.